The molecule has 1 aliphatic rings. The molecule has 33 heavy (non-hydrogen) atoms. The Balaban J connectivity index is 1.62. The van der Waals surface area contributed by atoms with Crippen molar-refractivity contribution in [3.63, 3.8) is 0 Å². The molecule has 170 valence electrons. The summed E-state index contributed by atoms with van der Waals surface area (Å²) >= 11 is 6.88. The molecule has 0 aliphatic carbocycles. The topological polar surface area (TPSA) is 103 Å². The molecular formula is C23H19ClN2O6S. The van der Waals surface area contributed by atoms with Crippen LogP contribution < -0.4 is 20.1 Å². The van der Waals surface area contributed by atoms with Crippen LogP contribution in [0.25, 0.3) is 0 Å². The summed E-state index contributed by atoms with van der Waals surface area (Å²) in [6, 6.07) is 11.3. The minimum absolute atomic E-state index is 0.121. The SMILES string of the molecule is CCOC(=O)c1c(NC(=O)c2ccc(Cl)cc2)sc(C(=O)Nc2ccc3c(c2)OCO3)c1C. The molecule has 0 saturated heterocycles. The molecule has 1 aromatic heterocycles. The van der Waals surface area contributed by atoms with E-state index < -0.39 is 17.8 Å². The lowest BCUT2D eigenvalue weighted by Crippen LogP contribution is -2.15. The summed E-state index contributed by atoms with van der Waals surface area (Å²) < 4.78 is 15.8. The molecule has 2 N–H and O–H groups in total. The van der Waals surface area contributed by atoms with Gasteiger partial charge in [-0.25, -0.2) is 4.79 Å². The Morgan fingerprint density at radius 2 is 1.76 bits per heavy atom. The summed E-state index contributed by atoms with van der Waals surface area (Å²) in [4.78, 5) is 38.6. The van der Waals surface area contributed by atoms with Gasteiger partial charge in [0.05, 0.1) is 17.0 Å². The van der Waals surface area contributed by atoms with Crippen LogP contribution in [0, 0.1) is 6.92 Å². The number of nitrogens with one attached hydrogen (secondary N) is 2. The number of esters is 1. The van der Waals surface area contributed by atoms with E-state index in [1.807, 2.05) is 0 Å². The van der Waals surface area contributed by atoms with Crippen molar-refractivity contribution in [3.05, 3.63) is 69.1 Å². The summed E-state index contributed by atoms with van der Waals surface area (Å²) in [5, 5.41) is 6.22. The number of benzene rings is 2. The first-order chi connectivity index (χ1) is 15.9. The highest BCUT2D eigenvalue weighted by Gasteiger charge is 2.27. The lowest BCUT2D eigenvalue weighted by atomic mass is 10.1. The summed E-state index contributed by atoms with van der Waals surface area (Å²) in [5.41, 5.74) is 1.40. The third-order valence-corrected chi connectivity index (χ3v) is 6.25. The average molecular weight is 487 g/mol. The number of amides is 2. The Labute approximate surface area is 198 Å². The number of anilines is 2. The minimum Gasteiger partial charge on any atom is -0.462 e. The monoisotopic (exact) mass is 486 g/mol. The zero-order chi connectivity index (χ0) is 23.5. The van der Waals surface area contributed by atoms with E-state index in [0.29, 0.717) is 33.3 Å². The van der Waals surface area contributed by atoms with Gasteiger partial charge in [-0.05, 0) is 55.8 Å². The maximum atomic E-state index is 13.0. The maximum Gasteiger partial charge on any atom is 0.341 e. The lowest BCUT2D eigenvalue weighted by molar-refractivity contribution is 0.0527. The van der Waals surface area contributed by atoms with E-state index in [9.17, 15) is 14.4 Å². The van der Waals surface area contributed by atoms with Crippen LogP contribution in [0.3, 0.4) is 0 Å². The predicted octanol–water partition coefficient (Wildman–Crippen LogP) is 5.12. The molecule has 0 saturated carbocycles. The highest BCUT2D eigenvalue weighted by Crippen LogP contribution is 2.37. The lowest BCUT2D eigenvalue weighted by Gasteiger charge is -2.07. The van der Waals surface area contributed by atoms with Gasteiger partial charge in [-0.1, -0.05) is 11.6 Å². The molecule has 0 bridgehead atoms. The number of carbonyl (C=O) groups is 3. The fourth-order valence-corrected chi connectivity index (χ4v) is 4.42. The van der Waals surface area contributed by atoms with Crippen LogP contribution >= 0.6 is 22.9 Å². The van der Waals surface area contributed by atoms with Gasteiger partial charge in [-0.3, -0.25) is 9.59 Å². The average Bonchev–Trinajstić information content (AvgIpc) is 3.38. The number of rotatable bonds is 6. The maximum absolute atomic E-state index is 13.0. The van der Waals surface area contributed by atoms with Crippen molar-refractivity contribution in [1.82, 2.24) is 0 Å². The van der Waals surface area contributed by atoms with Crippen molar-refractivity contribution in [1.29, 1.82) is 0 Å². The molecule has 2 heterocycles. The van der Waals surface area contributed by atoms with E-state index in [1.54, 1.807) is 56.3 Å². The molecule has 4 rings (SSSR count). The van der Waals surface area contributed by atoms with Crippen LogP contribution in [0.15, 0.2) is 42.5 Å². The van der Waals surface area contributed by atoms with Crippen LogP contribution in [0.5, 0.6) is 11.5 Å². The number of halogens is 1. The normalized spacial score (nSPS) is 11.7. The Morgan fingerprint density at radius 3 is 2.48 bits per heavy atom. The summed E-state index contributed by atoms with van der Waals surface area (Å²) in [7, 11) is 0. The van der Waals surface area contributed by atoms with E-state index >= 15 is 0 Å². The number of fused-ring (bicyclic) bond motifs is 1. The van der Waals surface area contributed by atoms with Crippen molar-refractivity contribution in [3.8, 4) is 11.5 Å². The van der Waals surface area contributed by atoms with E-state index in [4.69, 9.17) is 25.8 Å². The first-order valence-corrected chi connectivity index (χ1v) is 11.1. The molecule has 0 unspecified atom stereocenters. The second-order valence-electron chi connectivity index (χ2n) is 6.96. The van der Waals surface area contributed by atoms with E-state index in [-0.39, 0.29) is 28.8 Å². The van der Waals surface area contributed by atoms with Crippen LogP contribution in [-0.2, 0) is 4.74 Å². The van der Waals surface area contributed by atoms with Crippen LogP contribution in [0.1, 0.15) is 42.9 Å². The third kappa shape index (κ3) is 4.79. The Hall–Kier alpha value is -3.56. The van der Waals surface area contributed by atoms with E-state index in [0.717, 1.165) is 11.3 Å². The first kappa shape index (κ1) is 22.6. The number of carbonyl (C=O) groups excluding carboxylic acids is 3. The van der Waals surface area contributed by atoms with E-state index in [1.165, 1.54) is 0 Å². The van der Waals surface area contributed by atoms with Crippen molar-refractivity contribution in [2.45, 2.75) is 13.8 Å². The van der Waals surface area contributed by atoms with Gasteiger partial charge >= 0.3 is 5.97 Å². The zero-order valence-electron chi connectivity index (χ0n) is 17.7. The molecule has 0 atom stereocenters. The first-order valence-electron chi connectivity index (χ1n) is 9.95. The van der Waals surface area contributed by atoms with Crippen LogP contribution in [-0.4, -0.2) is 31.2 Å². The zero-order valence-corrected chi connectivity index (χ0v) is 19.3. The van der Waals surface area contributed by atoms with Crippen molar-refractivity contribution in [2.75, 3.05) is 24.0 Å². The molecule has 8 nitrogen and oxygen atoms in total. The Bertz CT molecular complexity index is 1240. The summed E-state index contributed by atoms with van der Waals surface area (Å²) in [6.45, 7) is 3.59. The molecule has 0 radical (unpaired) electrons. The molecule has 1 aliphatic heterocycles. The predicted molar refractivity (Wildman–Crippen MR) is 125 cm³/mol. The number of hydrogen-bond acceptors (Lipinski definition) is 7. The number of hydrogen-bond donors (Lipinski definition) is 2. The fraction of sp³-hybridized carbons (Fsp3) is 0.174. The molecule has 10 heteroatoms. The fourth-order valence-electron chi connectivity index (χ4n) is 3.21. The smallest absolute Gasteiger partial charge is 0.341 e. The molecule has 0 spiro atoms. The summed E-state index contributed by atoms with van der Waals surface area (Å²) in [5.74, 6) is -0.384. The van der Waals surface area contributed by atoms with Gasteiger partial charge in [0.15, 0.2) is 11.5 Å². The van der Waals surface area contributed by atoms with Gasteiger partial charge in [-0.2, -0.15) is 0 Å². The van der Waals surface area contributed by atoms with Crippen LogP contribution in [0.4, 0.5) is 10.7 Å². The molecule has 3 aromatic rings. The largest absolute Gasteiger partial charge is 0.462 e. The van der Waals surface area contributed by atoms with Gasteiger partial charge in [0.1, 0.15) is 5.00 Å². The van der Waals surface area contributed by atoms with Crippen LogP contribution in [0.2, 0.25) is 5.02 Å². The second kappa shape index (κ2) is 9.51. The Kier molecular flexibility index (Phi) is 6.52. The minimum atomic E-state index is -0.625. The highest BCUT2D eigenvalue weighted by molar-refractivity contribution is 7.19. The van der Waals surface area contributed by atoms with Gasteiger partial charge in [0.25, 0.3) is 11.8 Å². The number of thiophene rings is 1. The molecule has 2 amide bonds. The van der Waals surface area contributed by atoms with Gasteiger partial charge in [0.2, 0.25) is 6.79 Å². The van der Waals surface area contributed by atoms with Crippen molar-refractivity contribution >= 4 is 51.4 Å². The third-order valence-electron chi connectivity index (χ3n) is 4.80. The molecular weight excluding hydrogens is 468 g/mol. The standard InChI is InChI=1S/C23H19ClN2O6S/c1-3-30-23(29)18-12(2)19(21(28)25-15-8-9-16-17(10-15)32-11-31-16)33-22(18)26-20(27)13-4-6-14(24)7-5-13/h4-10H,3,11H2,1-2H3,(H,25,28)(H,26,27). The summed E-state index contributed by atoms with van der Waals surface area (Å²) in [6.07, 6.45) is 0. The second-order valence-corrected chi connectivity index (χ2v) is 8.42. The highest BCUT2D eigenvalue weighted by atomic mass is 35.5. The van der Waals surface area contributed by atoms with Crippen molar-refractivity contribution in [2.24, 2.45) is 0 Å². The Morgan fingerprint density at radius 1 is 1.03 bits per heavy atom. The van der Waals surface area contributed by atoms with Crippen molar-refractivity contribution < 1.29 is 28.6 Å². The number of ether oxygens (including phenoxy) is 3. The molecule has 0 fully saturated rings. The quantitative estimate of drug-likeness (QED) is 0.469. The van der Waals surface area contributed by atoms with Gasteiger partial charge in [0, 0.05) is 22.3 Å². The molecule has 2 aromatic carbocycles. The van der Waals surface area contributed by atoms with E-state index in [2.05, 4.69) is 10.6 Å². The van der Waals surface area contributed by atoms with Gasteiger partial charge in [-0.15, -0.1) is 11.3 Å². The van der Waals surface area contributed by atoms with Gasteiger partial charge < -0.3 is 24.8 Å².